The Labute approximate surface area is 67.4 Å². The van der Waals surface area contributed by atoms with Gasteiger partial charge in [0.1, 0.15) is 19.8 Å². The van der Waals surface area contributed by atoms with Crippen molar-refractivity contribution >= 4 is 8.60 Å². The largest absolute Gasteiger partial charge is 0.398 e. The topological polar surface area (TPSA) is 30.9 Å². The van der Waals surface area contributed by atoms with Crippen molar-refractivity contribution in [2.24, 2.45) is 0 Å². The second-order valence-electron chi connectivity index (χ2n) is 2.64. The van der Waals surface area contributed by atoms with Gasteiger partial charge in [-0.05, 0) is 0 Å². The molecule has 0 amide bonds. The summed E-state index contributed by atoms with van der Waals surface area (Å²) >= 11 is 0. The number of nitrogens with zero attached hydrogens (tertiary/aromatic N) is 1. The van der Waals surface area contributed by atoms with E-state index < -0.39 is 8.60 Å². The molecule has 3 aliphatic heterocycles. The summed E-state index contributed by atoms with van der Waals surface area (Å²) in [5, 5.41) is 0. The highest BCUT2D eigenvalue weighted by molar-refractivity contribution is 7.41. The van der Waals surface area contributed by atoms with Crippen LogP contribution in [0.1, 0.15) is 0 Å². The molecule has 3 fully saturated rings. The van der Waals surface area contributed by atoms with Gasteiger partial charge in [0.25, 0.3) is 0 Å². The third-order valence-electron chi connectivity index (χ3n) is 1.88. The summed E-state index contributed by atoms with van der Waals surface area (Å²) < 4.78 is 16.1. The van der Waals surface area contributed by atoms with E-state index in [4.69, 9.17) is 13.6 Å². The van der Waals surface area contributed by atoms with Gasteiger partial charge in [0.15, 0.2) is 0 Å². The lowest BCUT2D eigenvalue weighted by Crippen LogP contribution is -2.37. The van der Waals surface area contributed by atoms with Crippen LogP contribution in [0, 0.1) is 0 Å². The third-order valence-corrected chi connectivity index (χ3v) is 3.20. The molecule has 11 heavy (non-hydrogen) atoms. The fourth-order valence-corrected chi connectivity index (χ4v) is 2.26. The standard InChI is InChI=1S/C6H13NO3P/c1-4-8-11-9-5-2-7(1)3-6-10-11/h11H,1-6H2/q+1. The summed E-state index contributed by atoms with van der Waals surface area (Å²) in [5.41, 5.74) is 0. The molecule has 3 rings (SSSR count). The molecule has 0 saturated carbocycles. The van der Waals surface area contributed by atoms with Crippen molar-refractivity contribution < 1.29 is 13.6 Å². The maximum atomic E-state index is 5.37. The van der Waals surface area contributed by atoms with E-state index in [1.54, 1.807) is 0 Å². The van der Waals surface area contributed by atoms with E-state index in [1.807, 2.05) is 0 Å². The van der Waals surface area contributed by atoms with Crippen molar-refractivity contribution in [2.75, 3.05) is 39.5 Å². The molecule has 3 saturated heterocycles. The Morgan fingerprint density at radius 3 is 1.73 bits per heavy atom. The Morgan fingerprint density at radius 1 is 0.818 bits per heavy atom. The Morgan fingerprint density at radius 2 is 1.27 bits per heavy atom. The van der Waals surface area contributed by atoms with Crippen molar-refractivity contribution in [1.82, 2.24) is 4.90 Å². The summed E-state index contributed by atoms with van der Waals surface area (Å²) in [5.74, 6) is 0. The summed E-state index contributed by atoms with van der Waals surface area (Å²) in [7, 11) is -1.35. The molecule has 5 heteroatoms. The number of hydrogen-bond donors (Lipinski definition) is 0. The van der Waals surface area contributed by atoms with Crippen molar-refractivity contribution in [3.63, 3.8) is 0 Å². The Balaban J connectivity index is 1.96. The molecule has 0 aromatic carbocycles. The predicted octanol–water partition coefficient (Wildman–Crippen LogP) is 0.325. The zero-order chi connectivity index (χ0) is 7.52. The van der Waals surface area contributed by atoms with Crippen LogP contribution in [-0.2, 0) is 13.6 Å². The van der Waals surface area contributed by atoms with Gasteiger partial charge >= 0.3 is 8.60 Å². The highest BCUT2D eigenvalue weighted by atomic mass is 31.2. The maximum Gasteiger partial charge on any atom is 0.398 e. The molecule has 0 atom stereocenters. The second-order valence-corrected chi connectivity index (χ2v) is 4.00. The van der Waals surface area contributed by atoms with Gasteiger partial charge in [-0.25, -0.2) is 0 Å². The first-order valence-corrected chi connectivity index (χ1v) is 5.15. The summed E-state index contributed by atoms with van der Waals surface area (Å²) in [6.45, 7) is 5.36. The first kappa shape index (κ1) is 7.90. The quantitative estimate of drug-likeness (QED) is 0.500. The molecule has 0 aromatic rings. The van der Waals surface area contributed by atoms with Gasteiger partial charge in [0.2, 0.25) is 0 Å². The first-order chi connectivity index (χ1) is 5.45. The van der Waals surface area contributed by atoms with Crippen molar-refractivity contribution in [1.29, 1.82) is 0 Å². The van der Waals surface area contributed by atoms with Crippen LogP contribution < -0.4 is 0 Å². The zero-order valence-corrected chi connectivity index (χ0v) is 7.41. The maximum absolute atomic E-state index is 5.37. The molecule has 4 nitrogen and oxygen atoms in total. The first-order valence-electron chi connectivity index (χ1n) is 3.93. The van der Waals surface area contributed by atoms with Crippen LogP contribution in [0.25, 0.3) is 0 Å². The van der Waals surface area contributed by atoms with Gasteiger partial charge in [0, 0.05) is 19.6 Å². The summed E-state index contributed by atoms with van der Waals surface area (Å²) in [6, 6.07) is 0. The van der Waals surface area contributed by atoms with Crippen LogP contribution in [0.3, 0.4) is 0 Å². The molecule has 64 valence electrons. The van der Waals surface area contributed by atoms with Gasteiger partial charge in [-0.1, -0.05) is 0 Å². The molecular formula is C6H13NO3P+. The molecule has 0 aliphatic carbocycles. The van der Waals surface area contributed by atoms with Crippen LogP contribution in [-0.4, -0.2) is 44.4 Å². The molecule has 3 aliphatic rings. The lowest BCUT2D eigenvalue weighted by atomic mass is 10.4. The van der Waals surface area contributed by atoms with Crippen molar-refractivity contribution in [3.05, 3.63) is 0 Å². The van der Waals surface area contributed by atoms with E-state index in [1.165, 1.54) is 0 Å². The van der Waals surface area contributed by atoms with E-state index >= 15 is 0 Å². The number of hydrogen-bond acceptors (Lipinski definition) is 4. The monoisotopic (exact) mass is 178 g/mol. The van der Waals surface area contributed by atoms with Gasteiger partial charge in [-0.3, -0.25) is 4.90 Å². The fraction of sp³-hybridized carbons (Fsp3) is 1.00. The van der Waals surface area contributed by atoms with Crippen LogP contribution in [0.2, 0.25) is 0 Å². The average molecular weight is 178 g/mol. The molecule has 2 bridgehead atoms. The van der Waals surface area contributed by atoms with Crippen LogP contribution >= 0.6 is 8.60 Å². The highest BCUT2D eigenvalue weighted by Gasteiger charge is 2.27. The summed E-state index contributed by atoms with van der Waals surface area (Å²) in [4.78, 5) is 2.30. The minimum absolute atomic E-state index is 0.758. The molecular weight excluding hydrogens is 165 g/mol. The molecule has 0 N–H and O–H groups in total. The van der Waals surface area contributed by atoms with E-state index in [0.717, 1.165) is 39.5 Å². The minimum atomic E-state index is -1.35. The Kier molecular flexibility index (Phi) is 2.72. The number of rotatable bonds is 0. The van der Waals surface area contributed by atoms with Gasteiger partial charge < -0.3 is 0 Å². The third kappa shape index (κ3) is 2.10. The van der Waals surface area contributed by atoms with Gasteiger partial charge in [-0.15, -0.1) is 0 Å². The van der Waals surface area contributed by atoms with E-state index in [0.29, 0.717) is 0 Å². The molecule has 0 unspecified atom stereocenters. The van der Waals surface area contributed by atoms with Gasteiger partial charge in [0.05, 0.1) is 0 Å². The Bertz CT molecular complexity index is 99.2. The van der Waals surface area contributed by atoms with E-state index in [2.05, 4.69) is 4.90 Å². The average Bonchev–Trinajstić information content (AvgIpc) is 1.80. The molecule has 0 aromatic heterocycles. The summed E-state index contributed by atoms with van der Waals surface area (Å²) in [6.07, 6.45) is 0. The minimum Gasteiger partial charge on any atom is -0.296 e. The Hall–Kier alpha value is 0.270. The van der Waals surface area contributed by atoms with E-state index in [9.17, 15) is 0 Å². The van der Waals surface area contributed by atoms with Crippen molar-refractivity contribution in [2.45, 2.75) is 0 Å². The fourth-order valence-electron chi connectivity index (χ4n) is 1.23. The smallest absolute Gasteiger partial charge is 0.296 e. The molecule has 3 heterocycles. The van der Waals surface area contributed by atoms with Gasteiger partial charge in [-0.2, -0.15) is 13.6 Å². The highest BCUT2D eigenvalue weighted by Crippen LogP contribution is 2.40. The SMILES string of the molecule is C1CN2CCO[PH+](O1)OCC2. The lowest BCUT2D eigenvalue weighted by molar-refractivity contribution is 0.0609. The zero-order valence-electron chi connectivity index (χ0n) is 6.41. The normalized spacial score (nSPS) is 39.3. The lowest BCUT2D eigenvalue weighted by Gasteiger charge is -2.26. The number of fused-ring (bicyclic) bond motifs is 6. The van der Waals surface area contributed by atoms with Crippen LogP contribution in [0.15, 0.2) is 0 Å². The predicted molar refractivity (Wildman–Crippen MR) is 42.6 cm³/mol. The second kappa shape index (κ2) is 3.78. The van der Waals surface area contributed by atoms with Crippen LogP contribution in [0.4, 0.5) is 0 Å². The van der Waals surface area contributed by atoms with Crippen molar-refractivity contribution in [3.8, 4) is 0 Å². The molecule has 0 radical (unpaired) electrons. The molecule has 0 spiro atoms. The van der Waals surface area contributed by atoms with E-state index in [-0.39, 0.29) is 0 Å². The van der Waals surface area contributed by atoms with Crippen LogP contribution in [0.5, 0.6) is 0 Å².